The number of carbonyl (C=O) groups is 4. The molecule has 0 atom stereocenters. The second-order valence-corrected chi connectivity index (χ2v) is 7.76. The zero-order valence-corrected chi connectivity index (χ0v) is 18.4. The molecule has 1 aliphatic heterocycles. The molecule has 0 bridgehead atoms. The number of nitrogens with zero attached hydrogens (tertiary/aromatic N) is 2. The minimum absolute atomic E-state index is 0.176. The van der Waals surface area contributed by atoms with Gasteiger partial charge in [0.15, 0.2) is 0 Å². The SMILES string of the molecule is Cc1ccc(N2C(=O)NC(=O)/C(=C\c3cc(C)n(NC(=O)c4ccccc4)c3C)C2=O)cc1. The highest BCUT2D eigenvalue weighted by Crippen LogP contribution is 2.24. The summed E-state index contributed by atoms with van der Waals surface area (Å²) in [6.07, 6.45) is 1.43. The molecule has 1 fully saturated rings. The van der Waals surface area contributed by atoms with Crippen molar-refractivity contribution in [3.05, 3.63) is 94.3 Å². The number of imide groups is 2. The summed E-state index contributed by atoms with van der Waals surface area (Å²) in [5, 5.41) is 2.22. The van der Waals surface area contributed by atoms with Gasteiger partial charge in [-0.25, -0.2) is 9.69 Å². The largest absolute Gasteiger partial charge is 0.335 e. The van der Waals surface area contributed by atoms with E-state index < -0.39 is 17.8 Å². The second kappa shape index (κ2) is 8.58. The number of hydrogen-bond donors (Lipinski definition) is 2. The zero-order chi connectivity index (χ0) is 23.7. The zero-order valence-electron chi connectivity index (χ0n) is 18.4. The number of anilines is 1. The first-order valence-corrected chi connectivity index (χ1v) is 10.3. The van der Waals surface area contributed by atoms with Crippen LogP contribution in [0.1, 0.15) is 32.9 Å². The fourth-order valence-electron chi connectivity index (χ4n) is 3.60. The summed E-state index contributed by atoms with van der Waals surface area (Å²) in [6.45, 7) is 5.45. The number of aromatic nitrogens is 1. The van der Waals surface area contributed by atoms with E-state index in [1.807, 2.05) is 13.0 Å². The number of amides is 5. The van der Waals surface area contributed by atoms with Crippen LogP contribution in [0.15, 0.2) is 66.2 Å². The van der Waals surface area contributed by atoms with Crippen molar-refractivity contribution in [1.82, 2.24) is 9.99 Å². The van der Waals surface area contributed by atoms with E-state index in [1.165, 1.54) is 6.08 Å². The third kappa shape index (κ3) is 4.18. The van der Waals surface area contributed by atoms with Crippen LogP contribution in [0.5, 0.6) is 0 Å². The van der Waals surface area contributed by atoms with Crippen molar-refractivity contribution in [3.8, 4) is 0 Å². The molecule has 1 aromatic heterocycles. The van der Waals surface area contributed by atoms with Crippen molar-refractivity contribution in [1.29, 1.82) is 0 Å². The summed E-state index contributed by atoms with van der Waals surface area (Å²) in [6, 6.07) is 16.6. The van der Waals surface area contributed by atoms with Gasteiger partial charge in [-0.3, -0.25) is 29.8 Å². The molecule has 2 aromatic carbocycles. The van der Waals surface area contributed by atoms with Gasteiger partial charge in [-0.2, -0.15) is 0 Å². The lowest BCUT2D eigenvalue weighted by atomic mass is 10.1. The Morgan fingerprint density at radius 2 is 1.61 bits per heavy atom. The molecule has 8 nitrogen and oxygen atoms in total. The van der Waals surface area contributed by atoms with E-state index in [9.17, 15) is 19.2 Å². The number of benzene rings is 2. The lowest BCUT2D eigenvalue weighted by Gasteiger charge is -2.26. The highest BCUT2D eigenvalue weighted by atomic mass is 16.2. The maximum absolute atomic E-state index is 13.1. The Hall–Kier alpha value is -4.46. The molecule has 1 aliphatic rings. The quantitative estimate of drug-likeness (QED) is 0.477. The maximum atomic E-state index is 13.1. The normalized spacial score (nSPS) is 15.1. The summed E-state index contributed by atoms with van der Waals surface area (Å²) in [7, 11) is 0. The van der Waals surface area contributed by atoms with Gasteiger partial charge < -0.3 is 0 Å². The Bertz CT molecular complexity index is 1300. The van der Waals surface area contributed by atoms with Crippen molar-refractivity contribution >= 4 is 35.5 Å². The molecule has 0 radical (unpaired) electrons. The van der Waals surface area contributed by atoms with E-state index in [2.05, 4.69) is 10.7 Å². The van der Waals surface area contributed by atoms with Gasteiger partial charge in [0.2, 0.25) is 0 Å². The molecule has 33 heavy (non-hydrogen) atoms. The van der Waals surface area contributed by atoms with E-state index in [1.54, 1.807) is 73.1 Å². The first-order valence-electron chi connectivity index (χ1n) is 10.3. The standard InChI is InChI=1S/C25H22N4O4/c1-15-9-11-20(12-10-15)28-24(32)21(23(31)26-25(28)33)14-19-13-16(2)29(17(19)3)27-22(30)18-7-5-4-6-8-18/h4-14H,1-3H3,(H,27,30)(H,26,31,33)/b21-14+. The van der Waals surface area contributed by atoms with E-state index in [-0.39, 0.29) is 11.5 Å². The molecule has 2 N–H and O–H groups in total. The van der Waals surface area contributed by atoms with Crippen LogP contribution in [-0.4, -0.2) is 28.4 Å². The molecule has 0 saturated carbocycles. The molecule has 0 unspecified atom stereocenters. The molecule has 3 aromatic rings. The van der Waals surface area contributed by atoms with Crippen molar-refractivity contribution in [2.75, 3.05) is 10.3 Å². The van der Waals surface area contributed by atoms with Crippen LogP contribution in [0.2, 0.25) is 0 Å². The van der Waals surface area contributed by atoms with Gasteiger partial charge in [-0.05, 0) is 62.7 Å². The summed E-state index contributed by atoms with van der Waals surface area (Å²) in [5.74, 6) is -1.78. The first kappa shape index (κ1) is 21.8. The Labute approximate surface area is 190 Å². The van der Waals surface area contributed by atoms with E-state index in [4.69, 9.17) is 0 Å². The molecule has 5 amide bonds. The van der Waals surface area contributed by atoms with Crippen LogP contribution in [-0.2, 0) is 9.59 Å². The molecule has 8 heteroatoms. The molecular weight excluding hydrogens is 420 g/mol. The molecule has 0 aliphatic carbocycles. The number of hydrogen-bond acceptors (Lipinski definition) is 4. The number of urea groups is 1. The van der Waals surface area contributed by atoms with Crippen molar-refractivity contribution in [3.63, 3.8) is 0 Å². The minimum atomic E-state index is -0.799. The van der Waals surface area contributed by atoms with Crippen molar-refractivity contribution in [2.24, 2.45) is 0 Å². The summed E-state index contributed by atoms with van der Waals surface area (Å²) >= 11 is 0. The molecule has 4 rings (SSSR count). The van der Waals surface area contributed by atoms with Gasteiger partial charge in [0.05, 0.1) is 5.69 Å². The highest BCUT2D eigenvalue weighted by molar-refractivity contribution is 6.39. The fourth-order valence-corrected chi connectivity index (χ4v) is 3.60. The molecule has 1 saturated heterocycles. The minimum Gasteiger partial charge on any atom is -0.273 e. The van der Waals surface area contributed by atoms with E-state index in [0.717, 1.165) is 10.5 Å². The first-order chi connectivity index (χ1) is 15.8. The van der Waals surface area contributed by atoms with Crippen molar-refractivity contribution < 1.29 is 19.2 Å². The van der Waals surface area contributed by atoms with Gasteiger partial charge in [0.25, 0.3) is 17.7 Å². The second-order valence-electron chi connectivity index (χ2n) is 7.76. The van der Waals surface area contributed by atoms with Gasteiger partial charge in [-0.1, -0.05) is 35.9 Å². The molecular formula is C25H22N4O4. The average molecular weight is 442 g/mol. The van der Waals surface area contributed by atoms with Crippen LogP contribution in [0.25, 0.3) is 6.08 Å². The van der Waals surface area contributed by atoms with Crippen LogP contribution in [0.3, 0.4) is 0 Å². The number of nitrogens with one attached hydrogen (secondary N) is 2. The Morgan fingerprint density at radius 3 is 2.27 bits per heavy atom. The van der Waals surface area contributed by atoms with Gasteiger partial charge in [-0.15, -0.1) is 0 Å². The number of rotatable bonds is 4. The summed E-state index contributed by atoms with van der Waals surface area (Å²) in [4.78, 5) is 51.5. The van der Waals surface area contributed by atoms with E-state index >= 15 is 0 Å². The average Bonchev–Trinajstić information content (AvgIpc) is 3.05. The number of carbonyl (C=O) groups excluding carboxylic acids is 4. The summed E-state index contributed by atoms with van der Waals surface area (Å²) < 4.78 is 1.59. The third-order valence-electron chi connectivity index (χ3n) is 5.41. The van der Waals surface area contributed by atoms with Crippen molar-refractivity contribution in [2.45, 2.75) is 20.8 Å². The lowest BCUT2D eigenvalue weighted by Crippen LogP contribution is -2.54. The molecule has 2 heterocycles. The predicted molar refractivity (Wildman–Crippen MR) is 124 cm³/mol. The predicted octanol–water partition coefficient (Wildman–Crippen LogP) is 3.46. The maximum Gasteiger partial charge on any atom is 0.335 e. The van der Waals surface area contributed by atoms with Crippen LogP contribution < -0.4 is 15.6 Å². The third-order valence-corrected chi connectivity index (χ3v) is 5.41. The van der Waals surface area contributed by atoms with Gasteiger partial charge in [0, 0.05) is 17.0 Å². The number of barbiturate groups is 1. The Balaban J connectivity index is 1.66. The Kier molecular flexibility index (Phi) is 5.66. The smallest absolute Gasteiger partial charge is 0.273 e. The van der Waals surface area contributed by atoms with Gasteiger partial charge >= 0.3 is 6.03 Å². The molecule has 166 valence electrons. The highest BCUT2D eigenvalue weighted by Gasteiger charge is 2.37. The molecule has 0 spiro atoms. The topological polar surface area (TPSA) is 101 Å². The number of aryl methyl sites for hydroxylation is 2. The summed E-state index contributed by atoms with van der Waals surface area (Å²) in [5.41, 5.74) is 6.38. The van der Waals surface area contributed by atoms with E-state index in [0.29, 0.717) is 28.2 Å². The fraction of sp³-hybridized carbons (Fsp3) is 0.120. The lowest BCUT2D eigenvalue weighted by molar-refractivity contribution is -0.122. The van der Waals surface area contributed by atoms with Crippen LogP contribution >= 0.6 is 0 Å². The monoisotopic (exact) mass is 442 g/mol. The van der Waals surface area contributed by atoms with Crippen LogP contribution in [0.4, 0.5) is 10.5 Å². The van der Waals surface area contributed by atoms with Crippen LogP contribution in [0, 0.1) is 20.8 Å². The Morgan fingerprint density at radius 1 is 0.939 bits per heavy atom. The van der Waals surface area contributed by atoms with Gasteiger partial charge in [0.1, 0.15) is 5.57 Å².